The van der Waals surface area contributed by atoms with Crippen molar-refractivity contribution in [3.8, 4) is 5.75 Å². The molecular weight excluding hydrogens is 316 g/mol. The Bertz CT molecular complexity index is 819. The van der Waals surface area contributed by atoms with Gasteiger partial charge in [0, 0.05) is 5.56 Å². The first-order valence-corrected chi connectivity index (χ1v) is 8.57. The zero-order valence-electron chi connectivity index (χ0n) is 12.2. The van der Waals surface area contributed by atoms with Crippen LogP contribution in [0.4, 0.5) is 0 Å². The minimum atomic E-state index is -3.55. The van der Waals surface area contributed by atoms with E-state index in [2.05, 4.69) is 9.71 Å². The Kier molecular flexibility index (Phi) is 4.31. The average molecular weight is 332 g/mol. The Morgan fingerprint density at radius 1 is 1.09 bits per heavy atom. The van der Waals surface area contributed by atoms with Crippen molar-refractivity contribution in [3.63, 3.8) is 0 Å². The Hall–Kier alpha value is -2.38. The van der Waals surface area contributed by atoms with Gasteiger partial charge in [-0.25, -0.2) is 8.42 Å². The molecule has 1 heterocycles. The van der Waals surface area contributed by atoms with Gasteiger partial charge in [-0.2, -0.15) is 0 Å². The van der Waals surface area contributed by atoms with E-state index in [1.54, 1.807) is 30.3 Å². The molecule has 7 heteroatoms. The number of nitrogens with one attached hydrogen (secondary N) is 1. The number of aliphatic hydroxyl groups excluding tert-OH is 1. The molecule has 0 spiro atoms. The van der Waals surface area contributed by atoms with Crippen molar-refractivity contribution in [2.75, 3.05) is 13.2 Å². The Morgan fingerprint density at radius 3 is 2.57 bits per heavy atom. The summed E-state index contributed by atoms with van der Waals surface area (Å²) in [5.74, 6) is 0.908. The highest BCUT2D eigenvalue weighted by Gasteiger charge is 2.30. The molecule has 0 amide bonds. The number of hydrogen-bond acceptors (Lipinski definition) is 5. The summed E-state index contributed by atoms with van der Waals surface area (Å²) in [7, 11) is -3.55. The van der Waals surface area contributed by atoms with Gasteiger partial charge in [0.25, 0.3) is 10.0 Å². The van der Waals surface area contributed by atoms with E-state index in [1.807, 2.05) is 18.2 Å². The second kappa shape index (κ2) is 6.39. The molecule has 2 N–H and O–H groups in total. The summed E-state index contributed by atoms with van der Waals surface area (Å²) in [6, 6.07) is 15.7. The van der Waals surface area contributed by atoms with Crippen LogP contribution in [-0.2, 0) is 10.0 Å². The van der Waals surface area contributed by atoms with E-state index in [4.69, 9.17) is 4.74 Å². The third kappa shape index (κ3) is 3.52. The molecule has 0 aliphatic carbocycles. The molecule has 120 valence electrons. The van der Waals surface area contributed by atoms with Gasteiger partial charge in [0.15, 0.2) is 0 Å². The van der Waals surface area contributed by atoms with E-state index >= 15 is 0 Å². The van der Waals surface area contributed by atoms with Gasteiger partial charge in [-0.3, -0.25) is 9.71 Å². The molecule has 1 aliphatic rings. The second-order valence-electron chi connectivity index (χ2n) is 5.07. The normalized spacial score (nSPS) is 18.2. The Balaban J connectivity index is 1.64. The molecule has 1 aliphatic heterocycles. The van der Waals surface area contributed by atoms with Crippen molar-refractivity contribution in [3.05, 3.63) is 60.2 Å². The molecule has 0 unspecified atom stereocenters. The number of para-hydroxylation sites is 1. The van der Waals surface area contributed by atoms with Gasteiger partial charge in [0.2, 0.25) is 0 Å². The minimum Gasteiger partial charge on any atom is -0.491 e. The SMILES string of the molecule is O=S1(=O)NC(=NC[C@H](O)COc2ccccc2)c2ccccc21. The summed E-state index contributed by atoms with van der Waals surface area (Å²) in [5.41, 5.74) is 0.517. The molecule has 2 aromatic carbocycles. The van der Waals surface area contributed by atoms with Gasteiger partial charge in [-0.05, 0) is 24.3 Å². The summed E-state index contributed by atoms with van der Waals surface area (Å²) in [6.07, 6.45) is -0.833. The maximum Gasteiger partial charge on any atom is 0.263 e. The van der Waals surface area contributed by atoms with Crippen LogP contribution in [-0.4, -0.2) is 38.6 Å². The van der Waals surface area contributed by atoms with Crippen LogP contribution in [0.1, 0.15) is 5.56 Å². The van der Waals surface area contributed by atoms with Crippen LogP contribution in [0.5, 0.6) is 5.75 Å². The van der Waals surface area contributed by atoms with Crippen LogP contribution in [0.2, 0.25) is 0 Å². The maximum absolute atomic E-state index is 11.9. The molecule has 6 nitrogen and oxygen atoms in total. The zero-order valence-corrected chi connectivity index (χ0v) is 13.0. The third-order valence-electron chi connectivity index (χ3n) is 3.31. The highest BCUT2D eigenvalue weighted by atomic mass is 32.2. The minimum absolute atomic E-state index is 0.0407. The summed E-state index contributed by atoms with van der Waals surface area (Å²) >= 11 is 0. The molecule has 23 heavy (non-hydrogen) atoms. The second-order valence-corrected chi connectivity index (χ2v) is 6.72. The number of aliphatic imine (C=N–C) groups is 1. The monoisotopic (exact) mass is 332 g/mol. The van der Waals surface area contributed by atoms with E-state index in [0.29, 0.717) is 11.3 Å². The zero-order chi connectivity index (χ0) is 16.3. The molecule has 0 saturated carbocycles. The molecular formula is C16H16N2O4S. The van der Waals surface area contributed by atoms with Gasteiger partial charge in [-0.15, -0.1) is 0 Å². The van der Waals surface area contributed by atoms with E-state index in [1.165, 1.54) is 6.07 Å². The number of hydrogen-bond donors (Lipinski definition) is 2. The molecule has 0 fully saturated rings. The van der Waals surface area contributed by atoms with Crippen LogP contribution in [0.15, 0.2) is 64.5 Å². The Labute approximate surface area is 134 Å². The molecule has 3 rings (SSSR count). The quantitative estimate of drug-likeness (QED) is 0.860. The molecule has 0 radical (unpaired) electrons. The first kappa shape index (κ1) is 15.5. The Morgan fingerprint density at radius 2 is 1.78 bits per heavy atom. The highest BCUT2D eigenvalue weighted by Crippen LogP contribution is 2.22. The van der Waals surface area contributed by atoms with E-state index in [0.717, 1.165) is 0 Å². The molecule has 0 aromatic heterocycles. The third-order valence-corrected chi connectivity index (χ3v) is 4.71. The number of rotatable bonds is 5. The number of fused-ring (bicyclic) bond motifs is 1. The molecule has 2 aromatic rings. The summed E-state index contributed by atoms with van der Waals surface area (Å²) in [6.45, 7) is 0.119. The van der Waals surface area contributed by atoms with Crippen molar-refractivity contribution in [1.29, 1.82) is 0 Å². The van der Waals surface area contributed by atoms with Crippen LogP contribution < -0.4 is 9.46 Å². The summed E-state index contributed by atoms with van der Waals surface area (Å²) < 4.78 is 31.7. The van der Waals surface area contributed by atoms with Crippen molar-refractivity contribution in [2.45, 2.75) is 11.0 Å². The van der Waals surface area contributed by atoms with Gasteiger partial charge in [0.05, 0.1) is 11.4 Å². The lowest BCUT2D eigenvalue weighted by Gasteiger charge is -2.10. The number of nitrogens with zero attached hydrogens (tertiary/aromatic N) is 1. The predicted octanol–water partition coefficient (Wildman–Crippen LogP) is 1.16. The largest absolute Gasteiger partial charge is 0.491 e. The first-order valence-electron chi connectivity index (χ1n) is 7.09. The topological polar surface area (TPSA) is 88.0 Å². The fraction of sp³-hybridized carbons (Fsp3) is 0.188. The van der Waals surface area contributed by atoms with Crippen LogP contribution >= 0.6 is 0 Å². The smallest absolute Gasteiger partial charge is 0.263 e. The van der Waals surface area contributed by atoms with Gasteiger partial charge in [0.1, 0.15) is 24.3 Å². The fourth-order valence-electron chi connectivity index (χ4n) is 2.21. The van der Waals surface area contributed by atoms with Crippen molar-refractivity contribution >= 4 is 15.9 Å². The number of benzene rings is 2. The van der Waals surface area contributed by atoms with E-state index < -0.39 is 16.1 Å². The lowest BCUT2D eigenvalue weighted by molar-refractivity contribution is 0.114. The number of aliphatic hydroxyl groups is 1. The lowest BCUT2D eigenvalue weighted by atomic mass is 10.2. The lowest BCUT2D eigenvalue weighted by Crippen LogP contribution is -2.26. The van der Waals surface area contributed by atoms with E-state index in [9.17, 15) is 13.5 Å². The summed E-state index contributed by atoms with van der Waals surface area (Å²) in [4.78, 5) is 4.37. The highest BCUT2D eigenvalue weighted by molar-refractivity contribution is 7.90. The molecule has 0 saturated heterocycles. The summed E-state index contributed by atoms with van der Waals surface area (Å²) in [5, 5.41) is 9.94. The number of ether oxygens (including phenoxy) is 1. The van der Waals surface area contributed by atoms with Crippen molar-refractivity contribution in [1.82, 2.24) is 4.72 Å². The number of sulfonamides is 1. The molecule has 1 atom stereocenters. The molecule has 0 bridgehead atoms. The van der Waals surface area contributed by atoms with Crippen molar-refractivity contribution in [2.24, 2.45) is 4.99 Å². The fourth-order valence-corrected chi connectivity index (χ4v) is 3.46. The van der Waals surface area contributed by atoms with E-state index in [-0.39, 0.29) is 23.9 Å². The van der Waals surface area contributed by atoms with Crippen LogP contribution in [0, 0.1) is 0 Å². The van der Waals surface area contributed by atoms with Crippen LogP contribution in [0.3, 0.4) is 0 Å². The van der Waals surface area contributed by atoms with Gasteiger partial charge < -0.3 is 9.84 Å². The first-order chi connectivity index (χ1) is 11.1. The van der Waals surface area contributed by atoms with Crippen LogP contribution in [0.25, 0.3) is 0 Å². The van der Waals surface area contributed by atoms with Gasteiger partial charge in [-0.1, -0.05) is 30.3 Å². The average Bonchev–Trinajstić information content (AvgIpc) is 2.83. The van der Waals surface area contributed by atoms with Crippen molar-refractivity contribution < 1.29 is 18.3 Å². The standard InChI is InChI=1S/C16H16N2O4S/c19-12(11-22-13-6-2-1-3-7-13)10-17-16-14-8-4-5-9-15(14)23(20,21)18-16/h1-9,12,19H,10-11H2,(H,17,18)/t12-/m0/s1. The maximum atomic E-state index is 11.9. The predicted molar refractivity (Wildman–Crippen MR) is 86.1 cm³/mol. The number of amidine groups is 1. The van der Waals surface area contributed by atoms with Gasteiger partial charge >= 0.3 is 0 Å².